The van der Waals surface area contributed by atoms with Crippen LogP contribution >= 0.6 is 0 Å². The van der Waals surface area contributed by atoms with Crippen molar-refractivity contribution in [2.24, 2.45) is 30.0 Å². The van der Waals surface area contributed by atoms with Gasteiger partial charge in [0, 0.05) is 234 Å². The van der Waals surface area contributed by atoms with Crippen LogP contribution in [0.15, 0.2) is 300 Å². The molecule has 30 nitrogen and oxygen atoms in total. The molecule has 7 aromatic heterocycles. The highest BCUT2D eigenvalue weighted by atomic mass is 16.3. The fourth-order valence-electron chi connectivity index (χ4n) is 13.2. The number of para-hydroxylation sites is 6. The molecule has 0 aliphatic carbocycles. The van der Waals surface area contributed by atoms with Crippen molar-refractivity contribution in [2.75, 3.05) is 44.2 Å². The van der Waals surface area contributed by atoms with Crippen molar-refractivity contribution in [3.63, 3.8) is 0 Å². The number of phenolic OH excluding ortho intramolecular Hbond substituents is 7. The number of carbonyl (C=O) groups is 1. The number of anilines is 1. The van der Waals surface area contributed by atoms with Crippen LogP contribution in [0.1, 0.15) is 155 Å². The summed E-state index contributed by atoms with van der Waals surface area (Å²) in [7, 11) is 0. The van der Waals surface area contributed by atoms with E-state index < -0.39 is 0 Å². The molecule has 129 heavy (non-hydrogen) atoms. The Morgan fingerprint density at radius 3 is 1.17 bits per heavy atom. The van der Waals surface area contributed by atoms with Crippen molar-refractivity contribution >= 4 is 58.1 Å². The monoisotopic (exact) mass is 1740 g/mol. The molecule has 0 fully saturated rings. The number of hydrogen-bond acceptors (Lipinski definition) is 24. The van der Waals surface area contributed by atoms with Crippen molar-refractivity contribution in [3.05, 3.63) is 320 Å². The number of hydrogen-bond donors (Lipinski definition) is 7. The molecular formula is C99H118N22O8. The molecule has 0 aliphatic heterocycles. The lowest BCUT2D eigenvalue weighted by atomic mass is 10.0. The molecule has 14 aromatic rings. The maximum Gasteiger partial charge on any atom is 0.254 e. The minimum Gasteiger partial charge on any atom is -0.507 e. The quantitative estimate of drug-likeness (QED) is 0.0108. The molecule has 0 atom stereocenters. The molecule has 0 radical (unpaired) electrons. The molecule has 0 bridgehead atoms. The highest BCUT2D eigenvalue weighted by Crippen LogP contribution is 2.28. The number of aromatic nitrogens is 15. The Labute approximate surface area is 754 Å². The van der Waals surface area contributed by atoms with Gasteiger partial charge in [0.25, 0.3) is 11.9 Å². The van der Waals surface area contributed by atoms with Gasteiger partial charge in [0.15, 0.2) is 5.78 Å². The van der Waals surface area contributed by atoms with Crippen LogP contribution in [0.2, 0.25) is 0 Å². The Balaban J connectivity index is 0.000000178. The van der Waals surface area contributed by atoms with E-state index in [-0.39, 0.29) is 46.4 Å². The summed E-state index contributed by atoms with van der Waals surface area (Å²) >= 11 is 0. The van der Waals surface area contributed by atoms with E-state index in [4.69, 9.17) is 0 Å². The Kier molecular flexibility index (Phi) is 40.8. The van der Waals surface area contributed by atoms with E-state index in [0.717, 1.165) is 168 Å². The zero-order chi connectivity index (χ0) is 91.8. The molecule has 0 unspecified atom stereocenters. The van der Waals surface area contributed by atoms with Crippen LogP contribution in [0.5, 0.6) is 40.2 Å². The maximum absolute atomic E-state index is 11.8. The third-order valence-electron chi connectivity index (χ3n) is 20.3. The van der Waals surface area contributed by atoms with Gasteiger partial charge in [0.1, 0.15) is 51.9 Å². The summed E-state index contributed by atoms with van der Waals surface area (Å²) in [5, 5.41) is 69.2. The molecule has 14 rings (SSSR count). The molecule has 0 aliphatic rings. The van der Waals surface area contributed by atoms with E-state index in [1.807, 2.05) is 177 Å². The van der Waals surface area contributed by atoms with E-state index in [0.29, 0.717) is 64.8 Å². The van der Waals surface area contributed by atoms with E-state index >= 15 is 0 Å². The Morgan fingerprint density at radius 2 is 0.775 bits per heavy atom. The third-order valence-corrected chi connectivity index (χ3v) is 20.3. The molecule has 0 saturated carbocycles. The van der Waals surface area contributed by atoms with Crippen LogP contribution in [0, 0.1) is 6.92 Å². The summed E-state index contributed by atoms with van der Waals surface area (Å²) in [6.07, 6.45) is 40.3. The molecule has 0 spiro atoms. The van der Waals surface area contributed by atoms with E-state index in [1.165, 1.54) is 0 Å². The number of nitrogens with zero attached hydrogens (tertiary/aromatic N) is 22. The van der Waals surface area contributed by atoms with Crippen LogP contribution in [-0.4, -0.2) is 188 Å². The lowest BCUT2D eigenvalue weighted by molar-refractivity contribution is 0.0976. The molecule has 30 heteroatoms. The maximum atomic E-state index is 11.8. The van der Waals surface area contributed by atoms with Gasteiger partial charge >= 0.3 is 0 Å². The number of aryl methyl sites for hydroxylation is 8. The Hall–Kier alpha value is -15.1. The fraction of sp³-hybridized carbons (Fsp3) is 0.293. The lowest BCUT2D eigenvalue weighted by Crippen LogP contribution is -2.21. The summed E-state index contributed by atoms with van der Waals surface area (Å²) in [6.45, 7) is 25.7. The minimum absolute atomic E-state index is 0.00117. The van der Waals surface area contributed by atoms with Gasteiger partial charge in [-0.15, -0.1) is 0 Å². The van der Waals surface area contributed by atoms with Gasteiger partial charge < -0.3 is 68.0 Å². The number of unbranched alkanes of at least 4 members (excludes halogenated alkanes) is 1. The highest BCUT2D eigenvalue weighted by molar-refractivity contribution is 6.04. The normalized spacial score (nSPS) is 11.6. The van der Waals surface area contributed by atoms with Crippen molar-refractivity contribution in [1.82, 2.24) is 72.3 Å². The largest absolute Gasteiger partial charge is 0.507 e. The second-order valence-electron chi connectivity index (χ2n) is 29.6. The summed E-state index contributed by atoms with van der Waals surface area (Å²) < 4.78 is 12.1. The van der Waals surface area contributed by atoms with Gasteiger partial charge in [-0.05, 0) is 178 Å². The molecular weight excluding hydrogens is 1630 g/mol. The Bertz CT molecular complexity index is 5740. The molecule has 0 saturated heterocycles. The minimum atomic E-state index is -0.00117. The predicted molar refractivity (Wildman–Crippen MR) is 511 cm³/mol. The summed E-state index contributed by atoms with van der Waals surface area (Å²) in [6, 6.07) is 48.2. The van der Waals surface area contributed by atoms with Gasteiger partial charge in [-0.25, -0.2) is 39.9 Å². The molecule has 0 amide bonds. The van der Waals surface area contributed by atoms with Gasteiger partial charge in [0.05, 0.1) is 48.6 Å². The van der Waals surface area contributed by atoms with Crippen LogP contribution in [-0.2, 0) is 45.7 Å². The highest BCUT2D eigenvalue weighted by Gasteiger charge is 2.16. The lowest BCUT2D eigenvalue weighted by Gasteiger charge is -2.21. The molecule has 7 N–H and O–H groups in total. The molecule has 7 aromatic carbocycles. The third kappa shape index (κ3) is 33.4. The predicted octanol–water partition coefficient (Wildman–Crippen LogP) is 17.8. The number of rotatable bonds is 37. The summed E-state index contributed by atoms with van der Waals surface area (Å²) in [4.78, 5) is 78.7. The van der Waals surface area contributed by atoms with Gasteiger partial charge in [-0.2, -0.15) is 15.0 Å². The van der Waals surface area contributed by atoms with Gasteiger partial charge in [-0.3, -0.25) is 24.8 Å². The van der Waals surface area contributed by atoms with Crippen LogP contribution in [0.25, 0.3) is 0 Å². The standard InChI is InChI=1S/C25H25N7O2.C18H26N4O.C15H19N3O.C14H17N3O.C14H16N2O2.C13H15N3O/c1-16(19-8-4-6-10-21(19)33)27-24-29-23(12-14-32-15-13-26-18(32)3)30-25(31-24)28-17(2)20-9-5-7-11-22(20)34;1-4-22(5-2)16-7-8-17(18(23)13-16)15(3)20-9-6-11-21-12-10-19-14-21;1-2-14(13-6-3-4-7-15(13)19)17-8-5-10-18-11-9-16-12-18;1-12(13-5-2-3-6-14(13)18)16-7-4-9-17-10-8-15-11-17;17-13-6-2-1-5-12(13)14(18)7-3-4-9-16-10-8-15-11-16;17-13-5-2-1-4-12(13)10-14-6-3-8-16-9-7-15-11-16/h4-11,13,15,33-34H,12,14H2,1-3H3;7-8,10,12-14,23H,4-6,9,11H2,1-3H3;3-4,6-7,9,11-12,19H,2,5,8,10H2,1H3;2-3,5-6,8,10-11,18H,4,7,9H2,1H3;1-2,5-6,8,10-11,17H,3-4,7,9H2;1-2,4-5,7,9-11,17H,3,6,8H2. The Morgan fingerprint density at radius 1 is 0.388 bits per heavy atom. The summed E-state index contributed by atoms with van der Waals surface area (Å²) in [5.74, 6) is 3.28. The van der Waals surface area contributed by atoms with Crippen LogP contribution < -0.4 is 4.90 Å². The topological polar surface area (TPSA) is 382 Å². The first-order valence-electron chi connectivity index (χ1n) is 43.3. The van der Waals surface area contributed by atoms with E-state index in [1.54, 1.807) is 161 Å². The van der Waals surface area contributed by atoms with Crippen molar-refractivity contribution in [2.45, 2.75) is 152 Å². The van der Waals surface area contributed by atoms with Crippen molar-refractivity contribution in [3.8, 4) is 40.2 Å². The second kappa shape index (κ2) is 53.9. The van der Waals surface area contributed by atoms with Crippen LogP contribution in [0.4, 0.5) is 17.6 Å². The number of benzene rings is 7. The van der Waals surface area contributed by atoms with Gasteiger partial charge in [-0.1, -0.05) is 79.7 Å². The number of imidazole rings is 6. The van der Waals surface area contributed by atoms with Crippen LogP contribution in [0.3, 0.4) is 0 Å². The van der Waals surface area contributed by atoms with Gasteiger partial charge in [0.2, 0.25) is 0 Å². The first-order valence-corrected chi connectivity index (χ1v) is 43.3. The first kappa shape index (κ1) is 97.7. The zero-order valence-electron chi connectivity index (χ0n) is 74.7. The fourth-order valence-corrected chi connectivity index (χ4v) is 13.2. The molecule has 672 valence electrons. The number of ketones is 1. The van der Waals surface area contributed by atoms with E-state index in [2.05, 4.69) is 100 Å². The first-order chi connectivity index (χ1) is 62.8. The number of aromatic hydroxyl groups is 7. The van der Waals surface area contributed by atoms with Crippen molar-refractivity contribution in [1.29, 1.82) is 0 Å². The van der Waals surface area contributed by atoms with Crippen molar-refractivity contribution < 1.29 is 40.5 Å². The second-order valence-corrected chi connectivity index (χ2v) is 29.6. The molecule has 7 heterocycles. The average molecular weight is 1740 g/mol. The zero-order valence-corrected chi connectivity index (χ0v) is 74.7. The smallest absolute Gasteiger partial charge is 0.254 e. The number of aliphatic imine (C=N–C) groups is 6. The van der Waals surface area contributed by atoms with E-state index in [9.17, 15) is 40.5 Å². The SMILES string of the molecule is CC(=NCCCn1ccnc1)c1ccccc1O.CC(=Nc1nc(CCn2ccnc2C)nc(N=C(C)c2ccccc2O)n1)c1ccccc1O.CCC(=NCCCn1ccnc1)c1ccccc1O.CCN(CC)c1ccc(C(C)=NCCCn2ccnc2)c(O)c1.O=C(CCCCn1ccnc1)c1ccccc1O.Oc1ccccc1C=NCCCn1ccnc1. The average Bonchev–Trinajstić information content (AvgIpc) is 1.09. The number of Topliss-reactive ketones (excluding diaryl/α,β-unsaturated/α-hetero) is 1. The summed E-state index contributed by atoms with van der Waals surface area (Å²) in [5.41, 5.74) is 9.70. The number of carbonyl (C=O) groups excluding carboxylic acids is 1. The number of phenols is 7.